The standard InChI is InChI=1S/C17H21N3O2S/c1-10(2)20-9-11(7-15(20)21)16(22)19-17-13(8-18)12-5-3-4-6-14(12)23-17/h10-11H,3-7,9H2,1-2H3,(H,19,22). The van der Waals surface area contributed by atoms with E-state index in [0.717, 1.165) is 31.2 Å². The highest BCUT2D eigenvalue weighted by Crippen LogP contribution is 2.38. The van der Waals surface area contributed by atoms with Crippen LogP contribution in [0.25, 0.3) is 0 Å². The molecule has 0 bridgehead atoms. The van der Waals surface area contributed by atoms with Gasteiger partial charge in [-0.3, -0.25) is 9.59 Å². The third-order valence-electron chi connectivity index (χ3n) is 4.67. The van der Waals surface area contributed by atoms with Crippen molar-refractivity contribution in [1.29, 1.82) is 5.26 Å². The molecule has 2 amide bonds. The molecule has 23 heavy (non-hydrogen) atoms. The first-order valence-corrected chi connectivity index (χ1v) is 8.98. The molecule has 1 aromatic rings. The average molecular weight is 331 g/mol. The van der Waals surface area contributed by atoms with Gasteiger partial charge >= 0.3 is 0 Å². The predicted molar refractivity (Wildman–Crippen MR) is 89.3 cm³/mol. The lowest BCUT2D eigenvalue weighted by atomic mass is 9.96. The molecule has 1 aromatic heterocycles. The molecule has 3 rings (SSSR count). The van der Waals surface area contributed by atoms with E-state index in [1.807, 2.05) is 13.8 Å². The van der Waals surface area contributed by atoms with Crippen molar-refractivity contribution >= 4 is 28.2 Å². The van der Waals surface area contributed by atoms with Crippen molar-refractivity contribution in [2.75, 3.05) is 11.9 Å². The van der Waals surface area contributed by atoms with Crippen LogP contribution in [-0.4, -0.2) is 29.3 Å². The number of nitrogens with zero attached hydrogens (tertiary/aromatic N) is 2. The summed E-state index contributed by atoms with van der Waals surface area (Å²) in [5.74, 6) is -0.432. The number of hydrogen-bond donors (Lipinski definition) is 1. The first kappa shape index (κ1) is 16.0. The van der Waals surface area contributed by atoms with Gasteiger partial charge in [0.1, 0.15) is 11.1 Å². The van der Waals surface area contributed by atoms with Gasteiger partial charge in [0.15, 0.2) is 0 Å². The van der Waals surface area contributed by atoms with Gasteiger partial charge in [-0.15, -0.1) is 11.3 Å². The van der Waals surface area contributed by atoms with E-state index in [4.69, 9.17) is 0 Å². The maximum atomic E-state index is 12.5. The highest BCUT2D eigenvalue weighted by molar-refractivity contribution is 7.16. The van der Waals surface area contributed by atoms with Gasteiger partial charge in [0, 0.05) is 23.9 Å². The summed E-state index contributed by atoms with van der Waals surface area (Å²) in [6.07, 6.45) is 4.43. The number of amides is 2. The lowest BCUT2D eigenvalue weighted by molar-refractivity contribution is -0.129. The van der Waals surface area contributed by atoms with Gasteiger partial charge in [-0.05, 0) is 45.1 Å². The summed E-state index contributed by atoms with van der Waals surface area (Å²) in [6.45, 7) is 4.38. The Morgan fingerprint density at radius 2 is 2.13 bits per heavy atom. The number of anilines is 1. The maximum Gasteiger partial charge on any atom is 0.230 e. The minimum atomic E-state index is -0.324. The Morgan fingerprint density at radius 3 is 2.78 bits per heavy atom. The van der Waals surface area contributed by atoms with E-state index in [0.29, 0.717) is 17.1 Å². The summed E-state index contributed by atoms with van der Waals surface area (Å²) < 4.78 is 0. The highest BCUT2D eigenvalue weighted by atomic mass is 32.1. The fourth-order valence-corrected chi connectivity index (χ4v) is 4.64. The quantitative estimate of drug-likeness (QED) is 0.925. The second-order valence-corrected chi connectivity index (χ2v) is 7.66. The Bertz CT molecular complexity index is 687. The number of thiophene rings is 1. The zero-order valence-electron chi connectivity index (χ0n) is 13.5. The number of carbonyl (C=O) groups excluding carboxylic acids is 2. The molecule has 2 aliphatic rings. The van der Waals surface area contributed by atoms with Crippen LogP contribution in [0.5, 0.6) is 0 Å². The van der Waals surface area contributed by atoms with Crippen LogP contribution < -0.4 is 5.32 Å². The smallest absolute Gasteiger partial charge is 0.230 e. The van der Waals surface area contributed by atoms with Crippen LogP contribution in [0.15, 0.2) is 0 Å². The largest absolute Gasteiger partial charge is 0.339 e. The number of carbonyl (C=O) groups is 2. The topological polar surface area (TPSA) is 73.2 Å². The molecule has 1 aliphatic carbocycles. The second-order valence-electron chi connectivity index (χ2n) is 6.56. The average Bonchev–Trinajstić information content (AvgIpc) is 3.07. The van der Waals surface area contributed by atoms with Gasteiger partial charge in [-0.25, -0.2) is 0 Å². The van der Waals surface area contributed by atoms with Crippen molar-refractivity contribution in [2.45, 2.75) is 52.0 Å². The molecule has 1 saturated heterocycles. The monoisotopic (exact) mass is 331 g/mol. The zero-order valence-corrected chi connectivity index (χ0v) is 14.3. The number of fused-ring (bicyclic) bond motifs is 1. The number of nitriles is 1. The van der Waals surface area contributed by atoms with E-state index in [2.05, 4.69) is 11.4 Å². The Hall–Kier alpha value is -1.87. The van der Waals surface area contributed by atoms with E-state index < -0.39 is 0 Å². The maximum absolute atomic E-state index is 12.5. The molecule has 122 valence electrons. The molecule has 0 spiro atoms. The third-order valence-corrected chi connectivity index (χ3v) is 5.88. The fraction of sp³-hybridized carbons (Fsp3) is 0.588. The van der Waals surface area contributed by atoms with Crippen LogP contribution in [0, 0.1) is 17.2 Å². The van der Waals surface area contributed by atoms with Crippen LogP contribution in [0.2, 0.25) is 0 Å². The SMILES string of the molecule is CC(C)N1CC(C(=O)Nc2sc3c(c2C#N)CCCC3)CC1=O. The van der Waals surface area contributed by atoms with Crippen LogP contribution >= 0.6 is 11.3 Å². The summed E-state index contributed by atoms with van der Waals surface area (Å²) in [5, 5.41) is 13.0. The van der Waals surface area contributed by atoms with Crippen molar-refractivity contribution < 1.29 is 9.59 Å². The van der Waals surface area contributed by atoms with Gasteiger partial charge in [0.05, 0.1) is 11.5 Å². The molecule has 0 saturated carbocycles. The van der Waals surface area contributed by atoms with E-state index in [1.165, 1.54) is 16.2 Å². The minimum Gasteiger partial charge on any atom is -0.339 e. The van der Waals surface area contributed by atoms with Crippen LogP contribution in [0.1, 0.15) is 49.1 Å². The molecule has 1 atom stereocenters. The molecule has 0 aromatic carbocycles. The zero-order chi connectivity index (χ0) is 16.6. The molecule has 1 N–H and O–H groups in total. The fourth-order valence-electron chi connectivity index (χ4n) is 3.39. The Kier molecular flexibility index (Phi) is 4.40. The van der Waals surface area contributed by atoms with E-state index in [-0.39, 0.29) is 30.2 Å². The van der Waals surface area contributed by atoms with Crippen LogP contribution in [0.3, 0.4) is 0 Å². The molecule has 0 radical (unpaired) electrons. The minimum absolute atomic E-state index is 0.0335. The van der Waals surface area contributed by atoms with Gasteiger partial charge in [0.25, 0.3) is 0 Å². The molecule has 5 nitrogen and oxygen atoms in total. The molecule has 1 unspecified atom stereocenters. The van der Waals surface area contributed by atoms with E-state index in [9.17, 15) is 14.9 Å². The Morgan fingerprint density at radius 1 is 1.39 bits per heavy atom. The van der Waals surface area contributed by atoms with Gasteiger partial charge in [-0.1, -0.05) is 0 Å². The van der Waals surface area contributed by atoms with Crippen molar-refractivity contribution in [1.82, 2.24) is 4.90 Å². The van der Waals surface area contributed by atoms with Gasteiger partial charge in [0.2, 0.25) is 11.8 Å². The number of aryl methyl sites for hydroxylation is 1. The third kappa shape index (κ3) is 2.98. The lowest BCUT2D eigenvalue weighted by Gasteiger charge is -2.20. The Balaban J connectivity index is 1.75. The summed E-state index contributed by atoms with van der Waals surface area (Å²) >= 11 is 1.53. The van der Waals surface area contributed by atoms with Crippen molar-refractivity contribution in [2.24, 2.45) is 5.92 Å². The van der Waals surface area contributed by atoms with Crippen LogP contribution in [-0.2, 0) is 22.4 Å². The van der Waals surface area contributed by atoms with Crippen LogP contribution in [0.4, 0.5) is 5.00 Å². The molecule has 1 aliphatic heterocycles. The Labute approximate surface area is 140 Å². The normalized spacial score (nSPS) is 20.5. The summed E-state index contributed by atoms with van der Waals surface area (Å²) in [5.41, 5.74) is 1.74. The molecular weight excluding hydrogens is 310 g/mol. The summed E-state index contributed by atoms with van der Waals surface area (Å²) in [4.78, 5) is 27.5. The summed E-state index contributed by atoms with van der Waals surface area (Å²) in [6, 6.07) is 2.37. The number of nitrogens with one attached hydrogen (secondary N) is 1. The van der Waals surface area contributed by atoms with Crippen molar-refractivity contribution in [3.05, 3.63) is 16.0 Å². The summed E-state index contributed by atoms with van der Waals surface area (Å²) in [7, 11) is 0. The number of rotatable bonds is 3. The van der Waals surface area contributed by atoms with E-state index >= 15 is 0 Å². The van der Waals surface area contributed by atoms with Gasteiger partial charge in [-0.2, -0.15) is 5.26 Å². The lowest BCUT2D eigenvalue weighted by Crippen LogP contribution is -2.33. The van der Waals surface area contributed by atoms with Crippen molar-refractivity contribution in [3.63, 3.8) is 0 Å². The predicted octanol–water partition coefficient (Wildman–Crippen LogP) is 2.69. The highest BCUT2D eigenvalue weighted by Gasteiger charge is 2.36. The number of hydrogen-bond acceptors (Lipinski definition) is 4. The molecule has 2 heterocycles. The molecular formula is C17H21N3O2S. The van der Waals surface area contributed by atoms with Crippen molar-refractivity contribution in [3.8, 4) is 6.07 Å². The first-order chi connectivity index (χ1) is 11.0. The van der Waals surface area contributed by atoms with E-state index in [1.54, 1.807) is 4.90 Å². The molecule has 1 fully saturated rings. The second kappa shape index (κ2) is 6.32. The number of likely N-dealkylation sites (tertiary alicyclic amines) is 1. The molecule has 6 heteroatoms. The first-order valence-electron chi connectivity index (χ1n) is 8.16. The van der Waals surface area contributed by atoms with Gasteiger partial charge < -0.3 is 10.2 Å².